The number of rotatable bonds is 8. The van der Waals surface area contributed by atoms with E-state index in [-0.39, 0.29) is 5.41 Å². The van der Waals surface area contributed by atoms with Crippen LogP contribution in [0, 0.1) is 37.6 Å². The van der Waals surface area contributed by atoms with Gasteiger partial charge in [-0.3, -0.25) is 9.99 Å². The molecule has 1 atom stereocenters. The molecule has 222 valence electrons. The Labute approximate surface area is 254 Å². The Morgan fingerprint density at radius 3 is 2.67 bits per heavy atom. The molecule has 0 bridgehead atoms. The minimum absolute atomic E-state index is 0.0116. The molecule has 6 rings (SSSR count). The van der Waals surface area contributed by atoms with E-state index in [0.717, 1.165) is 40.9 Å². The molecule has 4 heterocycles. The zero-order valence-electron chi connectivity index (χ0n) is 24.6. The van der Waals surface area contributed by atoms with Crippen molar-refractivity contribution in [3.63, 3.8) is 0 Å². The third kappa shape index (κ3) is 5.56. The highest BCUT2D eigenvalue weighted by Gasteiger charge is 2.55. The monoisotopic (exact) mass is 601 g/mol. The molecular formula is C31H33ClFN9O. The van der Waals surface area contributed by atoms with Crippen molar-refractivity contribution >= 4 is 33.9 Å². The van der Waals surface area contributed by atoms with Crippen LogP contribution in [-0.4, -0.2) is 31.7 Å². The summed E-state index contributed by atoms with van der Waals surface area (Å²) < 4.78 is 19.9. The fourth-order valence-corrected chi connectivity index (χ4v) is 5.47. The number of aromatic nitrogens is 4. The number of anilines is 2. The van der Waals surface area contributed by atoms with E-state index in [1.54, 1.807) is 26.1 Å². The van der Waals surface area contributed by atoms with Crippen LogP contribution in [0.1, 0.15) is 68.3 Å². The summed E-state index contributed by atoms with van der Waals surface area (Å²) in [5.41, 5.74) is 11.0. The van der Waals surface area contributed by atoms with Gasteiger partial charge in [-0.2, -0.15) is 4.39 Å². The number of hydrogen-bond acceptors (Lipinski definition) is 10. The summed E-state index contributed by atoms with van der Waals surface area (Å²) in [7, 11) is 0. The highest BCUT2D eigenvalue weighted by atomic mass is 35.5. The number of hydrogen-bond donors (Lipinski definition) is 4. The van der Waals surface area contributed by atoms with Gasteiger partial charge in [0.1, 0.15) is 5.54 Å². The van der Waals surface area contributed by atoms with Gasteiger partial charge in [0.05, 0.1) is 33.5 Å². The Morgan fingerprint density at radius 1 is 1.23 bits per heavy atom. The molecule has 0 spiro atoms. The van der Waals surface area contributed by atoms with E-state index >= 15 is 0 Å². The Morgan fingerprint density at radius 2 is 2.02 bits per heavy atom. The van der Waals surface area contributed by atoms with Crippen molar-refractivity contribution < 1.29 is 8.81 Å². The second-order valence-electron chi connectivity index (χ2n) is 12.2. The molecule has 4 N–H and O–H groups in total. The lowest BCUT2D eigenvalue weighted by Crippen LogP contribution is -2.43. The Hall–Kier alpha value is -4.40. The summed E-state index contributed by atoms with van der Waals surface area (Å²) in [5, 5.41) is 18.6. The average molecular weight is 602 g/mol. The average Bonchev–Trinajstić information content (AvgIpc) is 3.38. The second kappa shape index (κ2) is 10.7. The number of fused-ring (bicyclic) bond motifs is 1. The summed E-state index contributed by atoms with van der Waals surface area (Å²) >= 11 is 6.80. The minimum Gasteiger partial charge on any atom is -0.423 e. The molecule has 4 aromatic rings. The summed E-state index contributed by atoms with van der Waals surface area (Å²) in [5.74, 6) is 3.26. The number of aryl methyl sites for hydroxylation is 2. The molecule has 43 heavy (non-hydrogen) atoms. The maximum absolute atomic E-state index is 14.1. The van der Waals surface area contributed by atoms with E-state index in [2.05, 4.69) is 68.5 Å². The number of nitrogens with zero attached hydrogens (tertiary/aromatic N) is 5. The molecule has 3 aromatic heterocycles. The molecule has 1 aromatic carbocycles. The van der Waals surface area contributed by atoms with Crippen LogP contribution in [0.2, 0.25) is 5.02 Å². The standard InChI is InChI=1S/C31H33ClFN9O/c1-7-19-14-34-27-22(26(19)35-16-30(4,5)6)12-20(13-23(27)32)37-28(21-8-9-25(33)36-17(21)2)24-15-42(41-39-24)31(10-11-31)29-40-38-18(3)43-29/h1,8-9,12-15,28,37,39,41H,10-11,16H2,2-6H3,(H,34,35)/t28-/m0/s1. The topological polar surface area (TPSA) is 116 Å². The van der Waals surface area contributed by atoms with Crippen molar-refractivity contribution in [2.24, 2.45) is 5.41 Å². The third-order valence-corrected chi connectivity index (χ3v) is 7.89. The molecule has 1 aliphatic carbocycles. The van der Waals surface area contributed by atoms with Gasteiger partial charge in [-0.05, 0) is 43.4 Å². The number of benzene rings is 1. The second-order valence-corrected chi connectivity index (χ2v) is 12.6. The number of nitrogens with one attached hydrogen (secondary N) is 4. The normalized spacial score (nSPS) is 16.4. The van der Waals surface area contributed by atoms with Crippen molar-refractivity contribution in [1.29, 1.82) is 0 Å². The molecule has 12 heteroatoms. The molecule has 1 aliphatic heterocycles. The van der Waals surface area contributed by atoms with Gasteiger partial charge < -0.3 is 20.5 Å². The number of pyridine rings is 2. The lowest BCUT2D eigenvalue weighted by atomic mass is 9.96. The van der Waals surface area contributed by atoms with Gasteiger partial charge in [0.15, 0.2) is 0 Å². The largest absolute Gasteiger partial charge is 0.423 e. The van der Waals surface area contributed by atoms with Crippen LogP contribution in [0.5, 0.6) is 0 Å². The zero-order chi connectivity index (χ0) is 30.5. The maximum Gasteiger partial charge on any atom is 0.243 e. The first kappa shape index (κ1) is 28.7. The lowest BCUT2D eigenvalue weighted by molar-refractivity contribution is 0.147. The Kier molecular flexibility index (Phi) is 7.15. The summed E-state index contributed by atoms with van der Waals surface area (Å²) in [6, 6.07) is 6.42. The van der Waals surface area contributed by atoms with Gasteiger partial charge >= 0.3 is 0 Å². The first-order chi connectivity index (χ1) is 20.5. The smallest absolute Gasteiger partial charge is 0.243 e. The molecular weight excluding hydrogens is 569 g/mol. The van der Waals surface area contributed by atoms with Crippen LogP contribution in [0.25, 0.3) is 10.9 Å². The van der Waals surface area contributed by atoms with E-state index in [1.807, 2.05) is 23.3 Å². The van der Waals surface area contributed by atoms with Gasteiger partial charge in [0.25, 0.3) is 0 Å². The van der Waals surface area contributed by atoms with E-state index in [0.29, 0.717) is 40.1 Å². The van der Waals surface area contributed by atoms with Crippen LogP contribution in [0.4, 0.5) is 15.8 Å². The summed E-state index contributed by atoms with van der Waals surface area (Å²) in [6.45, 7) is 10.7. The Balaban J connectivity index is 1.41. The van der Waals surface area contributed by atoms with E-state index in [4.69, 9.17) is 22.4 Å². The van der Waals surface area contributed by atoms with E-state index in [9.17, 15) is 4.39 Å². The fourth-order valence-electron chi connectivity index (χ4n) is 5.20. The van der Waals surface area contributed by atoms with Crippen molar-refractivity contribution in [3.8, 4) is 12.3 Å². The SMILES string of the molecule is C#Cc1cnc2c(Cl)cc(N[C@H](C3=CN(C4(c5nnc(C)o5)CC4)NN3)c3ccc(F)nc3C)cc2c1NCC(C)(C)C. The van der Waals surface area contributed by atoms with Crippen molar-refractivity contribution in [1.82, 2.24) is 36.1 Å². The maximum atomic E-state index is 14.1. The van der Waals surface area contributed by atoms with Gasteiger partial charge in [0.2, 0.25) is 17.7 Å². The van der Waals surface area contributed by atoms with Crippen LogP contribution in [0.15, 0.2) is 46.8 Å². The number of hydrazine groups is 2. The van der Waals surface area contributed by atoms with Gasteiger partial charge in [-0.15, -0.1) is 22.2 Å². The van der Waals surface area contributed by atoms with Gasteiger partial charge in [-0.25, -0.2) is 4.98 Å². The molecule has 1 saturated carbocycles. The zero-order valence-corrected chi connectivity index (χ0v) is 25.4. The Bertz CT molecular complexity index is 1780. The highest BCUT2D eigenvalue weighted by Crippen LogP contribution is 2.51. The molecule has 10 nitrogen and oxygen atoms in total. The van der Waals surface area contributed by atoms with Gasteiger partial charge in [0, 0.05) is 48.2 Å². The first-order valence-electron chi connectivity index (χ1n) is 14.0. The molecule has 0 unspecified atom stereocenters. The quantitative estimate of drug-likeness (QED) is 0.144. The molecule has 0 saturated heterocycles. The van der Waals surface area contributed by atoms with Crippen molar-refractivity contribution in [2.75, 3.05) is 17.2 Å². The fraction of sp³-hybridized carbons (Fsp3) is 0.355. The van der Waals surface area contributed by atoms with Crippen LogP contribution >= 0.6 is 11.6 Å². The first-order valence-corrected chi connectivity index (χ1v) is 14.4. The highest BCUT2D eigenvalue weighted by molar-refractivity contribution is 6.35. The lowest BCUT2D eigenvalue weighted by Gasteiger charge is -2.24. The van der Waals surface area contributed by atoms with Crippen LogP contribution in [-0.2, 0) is 5.54 Å². The predicted molar refractivity (Wildman–Crippen MR) is 164 cm³/mol. The van der Waals surface area contributed by atoms with Crippen molar-refractivity contribution in [3.05, 3.63) is 81.9 Å². The molecule has 0 amide bonds. The summed E-state index contributed by atoms with van der Waals surface area (Å²) in [4.78, 5) is 8.65. The van der Waals surface area contributed by atoms with Crippen LogP contribution < -0.4 is 21.6 Å². The van der Waals surface area contributed by atoms with Gasteiger partial charge in [-0.1, -0.05) is 44.4 Å². The number of halogens is 2. The molecule has 1 fully saturated rings. The molecule has 0 radical (unpaired) electrons. The van der Waals surface area contributed by atoms with E-state index < -0.39 is 17.5 Å². The van der Waals surface area contributed by atoms with E-state index in [1.165, 1.54) is 6.07 Å². The minimum atomic E-state index is -0.548. The predicted octanol–water partition coefficient (Wildman–Crippen LogP) is 5.87. The summed E-state index contributed by atoms with van der Waals surface area (Å²) in [6.07, 6.45) is 11.2. The molecule has 2 aliphatic rings. The van der Waals surface area contributed by atoms with Crippen LogP contribution in [0.3, 0.4) is 0 Å². The van der Waals surface area contributed by atoms with Crippen molar-refractivity contribution in [2.45, 2.75) is 59.0 Å². The third-order valence-electron chi connectivity index (χ3n) is 7.60. The number of terminal acetylenes is 1.